The van der Waals surface area contributed by atoms with Crippen LogP contribution in [0.3, 0.4) is 0 Å². The Morgan fingerprint density at radius 2 is 1.84 bits per heavy atom. The molecule has 0 heterocycles. The Kier molecular flexibility index (Phi) is 4.34. The number of hydrogen-bond acceptors (Lipinski definition) is 1. The summed E-state index contributed by atoms with van der Waals surface area (Å²) in [6.07, 6.45) is 4.49. The van der Waals surface area contributed by atoms with Gasteiger partial charge in [-0.15, -0.1) is 0 Å². The van der Waals surface area contributed by atoms with Crippen molar-refractivity contribution >= 4 is 0 Å². The van der Waals surface area contributed by atoms with Gasteiger partial charge in [-0.05, 0) is 55.6 Å². The van der Waals surface area contributed by atoms with Crippen LogP contribution < -0.4 is 4.74 Å². The van der Waals surface area contributed by atoms with Crippen molar-refractivity contribution in [2.75, 3.05) is 6.61 Å². The maximum atomic E-state index is 5.96. The average Bonchev–Trinajstić information content (AvgIpc) is 2.67. The molecule has 0 aromatic heterocycles. The van der Waals surface area contributed by atoms with Crippen LogP contribution in [0.5, 0.6) is 5.75 Å². The van der Waals surface area contributed by atoms with Crippen LogP contribution in [-0.4, -0.2) is 6.61 Å². The van der Waals surface area contributed by atoms with Crippen LogP contribution in [0.4, 0.5) is 0 Å². The summed E-state index contributed by atoms with van der Waals surface area (Å²) in [4.78, 5) is 0. The molecular formula is C18H26O. The van der Waals surface area contributed by atoms with Crippen molar-refractivity contribution < 1.29 is 4.74 Å². The van der Waals surface area contributed by atoms with Gasteiger partial charge in [0.05, 0.1) is 0 Å². The van der Waals surface area contributed by atoms with Gasteiger partial charge < -0.3 is 4.74 Å². The fourth-order valence-corrected chi connectivity index (χ4v) is 3.63. The minimum absolute atomic E-state index is 0.590. The number of hydrogen-bond donors (Lipinski definition) is 0. The molecule has 1 fully saturated rings. The zero-order chi connectivity index (χ0) is 14.0. The third-order valence-corrected chi connectivity index (χ3v) is 4.46. The van der Waals surface area contributed by atoms with Gasteiger partial charge in [-0.2, -0.15) is 0 Å². The summed E-state index contributed by atoms with van der Waals surface area (Å²) < 4.78 is 5.96. The molecule has 19 heavy (non-hydrogen) atoms. The van der Waals surface area contributed by atoms with Crippen molar-refractivity contribution in [1.82, 2.24) is 0 Å². The van der Waals surface area contributed by atoms with Gasteiger partial charge in [-0.25, -0.2) is 0 Å². The molecule has 0 spiro atoms. The summed E-state index contributed by atoms with van der Waals surface area (Å²) in [6, 6.07) is 4.54. The molecule has 2 atom stereocenters. The minimum Gasteiger partial charge on any atom is -0.489 e. The molecule has 0 aliphatic heterocycles. The minimum atomic E-state index is 0.590. The van der Waals surface area contributed by atoms with Gasteiger partial charge in [0, 0.05) is 0 Å². The number of ether oxygens (including phenoxy) is 1. The highest BCUT2D eigenvalue weighted by Gasteiger charge is 2.33. The highest BCUT2D eigenvalue weighted by atomic mass is 16.5. The monoisotopic (exact) mass is 258 g/mol. The SMILES string of the molecule is C=CCOc1c(C)cc(C)cc1C1C(C)CCC1C. The molecule has 0 amide bonds. The van der Waals surface area contributed by atoms with Gasteiger partial charge in [0.25, 0.3) is 0 Å². The van der Waals surface area contributed by atoms with Gasteiger partial charge in [-0.3, -0.25) is 0 Å². The van der Waals surface area contributed by atoms with Crippen molar-refractivity contribution in [3.05, 3.63) is 41.5 Å². The van der Waals surface area contributed by atoms with E-state index >= 15 is 0 Å². The summed E-state index contributed by atoms with van der Waals surface area (Å²) in [5.41, 5.74) is 4.00. The molecule has 0 N–H and O–H groups in total. The predicted molar refractivity (Wildman–Crippen MR) is 81.9 cm³/mol. The highest BCUT2D eigenvalue weighted by molar-refractivity contribution is 5.46. The molecular weight excluding hydrogens is 232 g/mol. The van der Waals surface area contributed by atoms with E-state index in [0.717, 1.165) is 17.6 Å². The summed E-state index contributed by atoms with van der Waals surface area (Å²) in [5, 5.41) is 0. The first-order valence-corrected chi connectivity index (χ1v) is 7.39. The Morgan fingerprint density at radius 1 is 1.21 bits per heavy atom. The lowest BCUT2D eigenvalue weighted by atomic mass is 9.83. The van der Waals surface area contributed by atoms with E-state index in [1.54, 1.807) is 0 Å². The Labute approximate surface area is 117 Å². The molecule has 1 aromatic rings. The quantitative estimate of drug-likeness (QED) is 0.689. The lowest BCUT2D eigenvalue weighted by molar-refractivity contribution is 0.343. The van der Waals surface area contributed by atoms with Gasteiger partial charge in [0.1, 0.15) is 12.4 Å². The van der Waals surface area contributed by atoms with Crippen LogP contribution in [0, 0.1) is 25.7 Å². The van der Waals surface area contributed by atoms with Gasteiger partial charge in [-0.1, -0.05) is 44.2 Å². The van der Waals surface area contributed by atoms with E-state index in [4.69, 9.17) is 4.74 Å². The van der Waals surface area contributed by atoms with Gasteiger partial charge >= 0.3 is 0 Å². The lowest BCUT2D eigenvalue weighted by Gasteiger charge is -2.25. The van der Waals surface area contributed by atoms with Crippen molar-refractivity contribution in [3.63, 3.8) is 0 Å². The molecule has 1 aliphatic rings. The second kappa shape index (κ2) is 5.81. The number of rotatable bonds is 4. The van der Waals surface area contributed by atoms with E-state index < -0.39 is 0 Å². The number of benzene rings is 1. The zero-order valence-electron chi connectivity index (χ0n) is 12.7. The van der Waals surface area contributed by atoms with Crippen molar-refractivity contribution in [3.8, 4) is 5.75 Å². The largest absolute Gasteiger partial charge is 0.489 e. The fraction of sp³-hybridized carbons (Fsp3) is 0.556. The van der Waals surface area contributed by atoms with Crippen molar-refractivity contribution in [2.24, 2.45) is 11.8 Å². The van der Waals surface area contributed by atoms with Crippen molar-refractivity contribution in [1.29, 1.82) is 0 Å². The average molecular weight is 258 g/mol. The fourth-order valence-electron chi connectivity index (χ4n) is 3.63. The maximum absolute atomic E-state index is 5.96. The zero-order valence-corrected chi connectivity index (χ0v) is 12.7. The molecule has 1 heteroatoms. The second-order valence-electron chi connectivity index (χ2n) is 6.16. The topological polar surface area (TPSA) is 9.23 Å². The molecule has 2 unspecified atom stereocenters. The molecule has 1 aromatic carbocycles. The second-order valence-corrected chi connectivity index (χ2v) is 6.16. The molecule has 1 saturated carbocycles. The smallest absolute Gasteiger partial charge is 0.126 e. The van der Waals surface area contributed by atoms with Gasteiger partial charge in [0.15, 0.2) is 0 Å². The molecule has 104 valence electrons. The van der Waals surface area contributed by atoms with Crippen LogP contribution in [0.25, 0.3) is 0 Å². The highest BCUT2D eigenvalue weighted by Crippen LogP contribution is 2.47. The van der Waals surface area contributed by atoms with E-state index in [1.807, 2.05) is 6.08 Å². The molecule has 2 rings (SSSR count). The molecule has 0 bridgehead atoms. The van der Waals surface area contributed by atoms with Crippen LogP contribution >= 0.6 is 0 Å². The van der Waals surface area contributed by atoms with E-state index in [0.29, 0.717) is 12.5 Å². The summed E-state index contributed by atoms with van der Waals surface area (Å²) >= 11 is 0. The van der Waals surface area contributed by atoms with E-state index in [9.17, 15) is 0 Å². The van der Waals surface area contributed by atoms with Gasteiger partial charge in [0.2, 0.25) is 0 Å². The molecule has 1 aliphatic carbocycles. The third kappa shape index (κ3) is 2.86. The first-order valence-electron chi connectivity index (χ1n) is 7.39. The van der Waals surface area contributed by atoms with E-state index in [-0.39, 0.29) is 0 Å². The summed E-state index contributed by atoms with van der Waals surface area (Å²) in [7, 11) is 0. The normalized spacial score (nSPS) is 26.4. The Morgan fingerprint density at radius 3 is 2.42 bits per heavy atom. The van der Waals surface area contributed by atoms with Crippen molar-refractivity contribution in [2.45, 2.75) is 46.5 Å². The lowest BCUT2D eigenvalue weighted by Crippen LogP contribution is -2.12. The van der Waals surface area contributed by atoms with E-state index in [1.165, 1.54) is 29.5 Å². The number of aryl methyl sites for hydroxylation is 2. The first kappa shape index (κ1) is 14.2. The van der Waals surface area contributed by atoms with Crippen LogP contribution in [0.15, 0.2) is 24.8 Å². The maximum Gasteiger partial charge on any atom is 0.126 e. The summed E-state index contributed by atoms with van der Waals surface area (Å²) in [5.74, 6) is 3.24. The van der Waals surface area contributed by atoms with Crippen LogP contribution in [0.2, 0.25) is 0 Å². The molecule has 1 nitrogen and oxygen atoms in total. The Bertz CT molecular complexity index is 451. The standard InChI is InChI=1S/C18H26O/c1-6-9-19-18-15(5)10-12(2)11-16(18)17-13(3)7-8-14(17)4/h6,10-11,13-14,17H,1,7-9H2,2-5H3. The predicted octanol–water partition coefficient (Wildman–Crippen LogP) is 5.02. The molecule has 0 radical (unpaired) electrons. The third-order valence-electron chi connectivity index (χ3n) is 4.46. The summed E-state index contributed by atoms with van der Waals surface area (Å²) in [6.45, 7) is 13.4. The Balaban J connectivity index is 2.44. The van der Waals surface area contributed by atoms with Crippen LogP contribution in [-0.2, 0) is 0 Å². The van der Waals surface area contributed by atoms with E-state index in [2.05, 4.69) is 46.4 Å². The van der Waals surface area contributed by atoms with Crippen LogP contribution in [0.1, 0.15) is 49.3 Å². The Hall–Kier alpha value is -1.24. The first-order chi connectivity index (χ1) is 9.04. The molecule has 0 saturated heterocycles.